The number of amides is 1. The lowest BCUT2D eigenvalue weighted by molar-refractivity contribution is -0.166. The largest absolute Gasteiger partial charge is 0.490 e. The fourth-order valence-electron chi connectivity index (χ4n) is 7.97. The standard InChI is InChI=1S/C38H52ClN3O7SSi/c1-25-30-15-16-31(30)34(49-51(6,7)37(3,4)5)12-8-9-20-42(48-26(2)43)50(45,46)40-36(44)28-13-18-35-33(22-28)41(25)23-38(24-47-35)19-10-11-27-21-29(39)14-17-32(27)38/h8,12-14,17-18,21-22,25,30-31,34H,9-11,15-16,19-20,23-24H2,1-7H3,(H,40,44)/b12-8-/t25?,30-,31+,34-,38-/m0/s1. The number of rotatable bonds is 3. The molecule has 13 heteroatoms. The zero-order valence-corrected chi connectivity index (χ0v) is 33.4. The van der Waals surface area contributed by atoms with Gasteiger partial charge >= 0.3 is 16.2 Å². The van der Waals surface area contributed by atoms with Gasteiger partial charge in [0.1, 0.15) is 5.75 Å². The van der Waals surface area contributed by atoms with E-state index in [0.717, 1.165) is 49.7 Å². The summed E-state index contributed by atoms with van der Waals surface area (Å²) in [5, 5.41) is 0.707. The normalized spacial score (nSPS) is 29.0. The molecule has 1 spiro atoms. The number of hydroxylamine groups is 1. The number of ether oxygens (including phenoxy) is 1. The summed E-state index contributed by atoms with van der Waals surface area (Å²) in [4.78, 5) is 33.1. The van der Waals surface area contributed by atoms with Gasteiger partial charge in [0.25, 0.3) is 5.91 Å². The number of carbonyl (C=O) groups excluding carboxylic acids is 2. The van der Waals surface area contributed by atoms with Crippen molar-refractivity contribution in [3.8, 4) is 5.75 Å². The molecule has 2 aromatic rings. The second kappa shape index (κ2) is 14.2. The molecule has 1 unspecified atom stereocenters. The van der Waals surface area contributed by atoms with Gasteiger partial charge in [-0.05, 0) is 121 Å². The number of aryl methyl sites for hydroxylation is 1. The molecule has 1 amide bonds. The van der Waals surface area contributed by atoms with E-state index >= 15 is 0 Å². The molecular weight excluding hydrogens is 706 g/mol. The van der Waals surface area contributed by atoms with E-state index in [0.29, 0.717) is 23.4 Å². The molecule has 1 N–H and O–H groups in total. The number of nitrogens with one attached hydrogen (secondary N) is 1. The zero-order chi connectivity index (χ0) is 36.9. The van der Waals surface area contributed by atoms with Crippen molar-refractivity contribution in [2.75, 3.05) is 24.6 Å². The Hall–Kier alpha value is -2.90. The van der Waals surface area contributed by atoms with E-state index in [1.54, 1.807) is 18.2 Å². The molecule has 1 saturated carbocycles. The maximum Gasteiger partial charge on any atom is 0.335 e. The van der Waals surface area contributed by atoms with Crippen LogP contribution in [0.3, 0.4) is 0 Å². The molecule has 0 radical (unpaired) electrons. The summed E-state index contributed by atoms with van der Waals surface area (Å²) in [6.45, 7) is 15.6. The van der Waals surface area contributed by atoms with Crippen LogP contribution in [-0.4, -0.2) is 64.9 Å². The topological polar surface area (TPSA) is 114 Å². The first kappa shape index (κ1) is 37.8. The number of fused-ring (bicyclic) bond motifs is 4. The van der Waals surface area contributed by atoms with Crippen LogP contribution in [0.25, 0.3) is 0 Å². The van der Waals surface area contributed by atoms with Gasteiger partial charge in [-0.3, -0.25) is 9.59 Å². The van der Waals surface area contributed by atoms with Crippen LogP contribution in [0.1, 0.15) is 88.2 Å². The minimum absolute atomic E-state index is 0.0134. The first-order valence-electron chi connectivity index (χ1n) is 18.1. The smallest absolute Gasteiger partial charge is 0.335 e. The predicted octanol–water partition coefficient (Wildman–Crippen LogP) is 7.33. The van der Waals surface area contributed by atoms with Crippen molar-refractivity contribution in [3.05, 3.63) is 70.3 Å². The Labute approximate surface area is 309 Å². The first-order valence-corrected chi connectivity index (χ1v) is 22.8. The molecule has 278 valence electrons. The number of benzene rings is 2. The lowest BCUT2D eigenvalue weighted by atomic mass is 9.66. The molecule has 2 bridgehead atoms. The van der Waals surface area contributed by atoms with Gasteiger partial charge in [0.2, 0.25) is 0 Å². The summed E-state index contributed by atoms with van der Waals surface area (Å²) in [7, 11) is -6.77. The number of nitrogens with zero attached hydrogens (tertiary/aromatic N) is 2. The molecule has 2 aromatic carbocycles. The Morgan fingerprint density at radius 1 is 1.12 bits per heavy atom. The maximum atomic E-state index is 13.6. The highest BCUT2D eigenvalue weighted by Gasteiger charge is 2.49. The Morgan fingerprint density at radius 2 is 1.86 bits per heavy atom. The van der Waals surface area contributed by atoms with Gasteiger partial charge in [0.05, 0.1) is 24.9 Å². The van der Waals surface area contributed by atoms with E-state index in [9.17, 15) is 18.0 Å². The predicted molar refractivity (Wildman–Crippen MR) is 202 cm³/mol. The van der Waals surface area contributed by atoms with E-state index in [4.69, 9.17) is 25.6 Å². The van der Waals surface area contributed by atoms with Crippen molar-refractivity contribution < 1.29 is 32.0 Å². The van der Waals surface area contributed by atoms with Crippen LogP contribution >= 0.6 is 11.6 Å². The van der Waals surface area contributed by atoms with Crippen molar-refractivity contribution in [2.45, 2.75) is 109 Å². The number of hydrogen-bond donors (Lipinski definition) is 1. The summed E-state index contributed by atoms with van der Waals surface area (Å²) in [6.07, 6.45) is 8.97. The maximum absolute atomic E-state index is 13.6. The minimum atomic E-state index is -4.55. The SMILES string of the molecule is CC(=O)ON1CC/C=C\[C@H](O[Si](C)(C)C(C)(C)C)[C@@H]2CC[C@H]2C(C)N2C[C@@]3(CCCc4cc(Cl)ccc43)COc3ccc(cc32)C(=O)NS1(=O)=O. The second-order valence-electron chi connectivity index (χ2n) is 16.3. The number of anilines is 1. The Balaban J connectivity index is 1.47. The van der Waals surface area contributed by atoms with Gasteiger partial charge in [0, 0.05) is 35.5 Å². The Kier molecular flexibility index (Phi) is 10.5. The summed E-state index contributed by atoms with van der Waals surface area (Å²) < 4.78 is 43.4. The minimum Gasteiger partial charge on any atom is -0.490 e. The summed E-state index contributed by atoms with van der Waals surface area (Å²) >= 11 is 6.48. The molecular formula is C38H52ClN3O7SSi. The monoisotopic (exact) mass is 757 g/mol. The lowest BCUT2D eigenvalue weighted by Crippen LogP contribution is -2.55. The van der Waals surface area contributed by atoms with E-state index in [1.807, 2.05) is 12.1 Å². The molecule has 10 nitrogen and oxygen atoms in total. The lowest BCUT2D eigenvalue weighted by Gasteiger charge is -2.51. The summed E-state index contributed by atoms with van der Waals surface area (Å²) in [6, 6.07) is 11.3. The van der Waals surface area contributed by atoms with E-state index < -0.39 is 30.4 Å². The van der Waals surface area contributed by atoms with Crippen molar-refractivity contribution in [2.24, 2.45) is 11.8 Å². The van der Waals surface area contributed by atoms with Crippen LogP contribution in [0.4, 0.5) is 5.69 Å². The van der Waals surface area contributed by atoms with Crippen molar-refractivity contribution in [1.82, 2.24) is 9.19 Å². The molecule has 51 heavy (non-hydrogen) atoms. The number of halogens is 1. The molecule has 0 aromatic heterocycles. The third kappa shape index (κ3) is 7.62. The van der Waals surface area contributed by atoms with Gasteiger partial charge < -0.3 is 18.9 Å². The highest BCUT2D eigenvalue weighted by atomic mass is 35.5. The van der Waals surface area contributed by atoms with E-state index in [1.165, 1.54) is 11.1 Å². The molecule has 0 saturated heterocycles. The van der Waals surface area contributed by atoms with Crippen LogP contribution in [0, 0.1) is 11.8 Å². The molecule has 6 rings (SSSR count). The summed E-state index contributed by atoms with van der Waals surface area (Å²) in [5.74, 6) is -0.490. The van der Waals surface area contributed by atoms with E-state index in [-0.39, 0.29) is 53.0 Å². The molecule has 5 atom stereocenters. The molecule has 2 heterocycles. The summed E-state index contributed by atoms with van der Waals surface area (Å²) in [5.41, 5.74) is 3.06. The van der Waals surface area contributed by atoms with Crippen molar-refractivity contribution in [3.63, 3.8) is 0 Å². The fourth-order valence-corrected chi connectivity index (χ4v) is 10.5. The van der Waals surface area contributed by atoms with Crippen LogP contribution in [0.2, 0.25) is 23.2 Å². The van der Waals surface area contributed by atoms with Crippen molar-refractivity contribution >= 4 is 47.7 Å². The van der Waals surface area contributed by atoms with Gasteiger partial charge in [-0.1, -0.05) is 50.6 Å². The van der Waals surface area contributed by atoms with Crippen LogP contribution in [0.5, 0.6) is 5.75 Å². The highest BCUT2D eigenvalue weighted by molar-refractivity contribution is 7.87. The van der Waals surface area contributed by atoms with Crippen LogP contribution < -0.4 is 14.4 Å². The zero-order valence-electron chi connectivity index (χ0n) is 30.8. The Morgan fingerprint density at radius 3 is 2.55 bits per heavy atom. The van der Waals surface area contributed by atoms with Crippen LogP contribution in [-0.2, 0) is 36.1 Å². The number of hydrogen-bond acceptors (Lipinski definition) is 8. The molecule has 4 aliphatic rings. The molecule has 1 fully saturated rings. The fraction of sp³-hybridized carbons (Fsp3) is 0.579. The average molecular weight is 758 g/mol. The van der Waals surface area contributed by atoms with Gasteiger partial charge in [0.15, 0.2) is 8.32 Å². The third-order valence-electron chi connectivity index (χ3n) is 11.9. The first-order chi connectivity index (χ1) is 23.9. The van der Waals surface area contributed by atoms with Gasteiger partial charge in [-0.25, -0.2) is 4.72 Å². The average Bonchev–Trinajstić information content (AvgIpc) is 3.17. The third-order valence-corrected chi connectivity index (χ3v) is 17.9. The van der Waals surface area contributed by atoms with Gasteiger partial charge in [-0.2, -0.15) is 8.42 Å². The van der Waals surface area contributed by atoms with Crippen molar-refractivity contribution in [1.29, 1.82) is 0 Å². The van der Waals surface area contributed by atoms with Gasteiger partial charge in [-0.15, -0.1) is 0 Å². The second-order valence-corrected chi connectivity index (χ2v) is 23.0. The number of carbonyl (C=O) groups is 2. The van der Waals surface area contributed by atoms with Crippen LogP contribution in [0.15, 0.2) is 48.6 Å². The Bertz CT molecular complexity index is 1810. The highest BCUT2D eigenvalue weighted by Crippen LogP contribution is 2.50. The molecule has 2 aliphatic carbocycles. The van der Waals surface area contributed by atoms with E-state index in [2.05, 4.69) is 68.6 Å². The molecule has 2 aliphatic heterocycles. The quantitative estimate of drug-likeness (QED) is 0.256.